The first-order valence-corrected chi connectivity index (χ1v) is 14.3. The number of ether oxygens (including phenoxy) is 1. The molecule has 0 saturated heterocycles. The molecule has 0 saturated carbocycles. The standard InChI is InChI=1S/C28H41F3N4O4S/c1-17-11-22(24(37)32-14-19(15-40-10-8-9-36)34-25(38)39-27(5,6)7)35-23-20(17)12-18(33-16-28(29,30)31)13-21(23)26(2,3)4/h11-13,19,33,36H,8-10,14-16H2,1-7H3,(H,32,37)(H,34,38). The van der Waals surface area contributed by atoms with Crippen LogP contribution in [0.5, 0.6) is 0 Å². The first-order chi connectivity index (χ1) is 18.4. The summed E-state index contributed by atoms with van der Waals surface area (Å²) < 4.78 is 43.8. The van der Waals surface area contributed by atoms with Crippen LogP contribution in [0.1, 0.15) is 69.6 Å². The maximum Gasteiger partial charge on any atom is 0.407 e. The van der Waals surface area contributed by atoms with E-state index in [1.807, 2.05) is 20.8 Å². The molecule has 8 nitrogen and oxygen atoms in total. The minimum atomic E-state index is -4.36. The third-order valence-corrected chi connectivity index (χ3v) is 6.86. The van der Waals surface area contributed by atoms with E-state index < -0.39 is 41.8 Å². The van der Waals surface area contributed by atoms with Crippen molar-refractivity contribution in [2.24, 2.45) is 0 Å². The first kappa shape index (κ1) is 33.5. The van der Waals surface area contributed by atoms with E-state index in [1.54, 1.807) is 45.9 Å². The summed E-state index contributed by atoms with van der Waals surface area (Å²) in [5.74, 6) is 0.740. The van der Waals surface area contributed by atoms with Gasteiger partial charge in [-0.15, -0.1) is 0 Å². The van der Waals surface area contributed by atoms with Gasteiger partial charge in [-0.3, -0.25) is 4.79 Å². The number of nitrogens with one attached hydrogen (secondary N) is 3. The Kier molecular flexibility index (Phi) is 11.5. The van der Waals surface area contributed by atoms with Crippen LogP contribution in [-0.4, -0.2) is 71.1 Å². The van der Waals surface area contributed by atoms with Crippen LogP contribution < -0.4 is 16.0 Å². The highest BCUT2D eigenvalue weighted by molar-refractivity contribution is 7.99. The van der Waals surface area contributed by atoms with Gasteiger partial charge in [-0.25, -0.2) is 9.78 Å². The number of hydrogen-bond acceptors (Lipinski definition) is 7. The molecule has 0 bridgehead atoms. The second-order valence-electron chi connectivity index (χ2n) is 11.7. The summed E-state index contributed by atoms with van der Waals surface area (Å²) in [7, 11) is 0. The van der Waals surface area contributed by atoms with Gasteiger partial charge in [-0.2, -0.15) is 24.9 Å². The Morgan fingerprint density at radius 3 is 2.35 bits per heavy atom. The number of thioether (sulfide) groups is 1. The fourth-order valence-corrected chi connectivity index (χ4v) is 4.79. The van der Waals surface area contributed by atoms with Crippen LogP contribution in [-0.2, 0) is 10.2 Å². The number of pyridine rings is 1. The van der Waals surface area contributed by atoms with Gasteiger partial charge in [0.1, 0.15) is 17.8 Å². The Morgan fingerprint density at radius 2 is 1.77 bits per heavy atom. The zero-order valence-corrected chi connectivity index (χ0v) is 25.0. The number of aliphatic hydroxyl groups is 1. The molecule has 0 radical (unpaired) electrons. The molecular formula is C28H41F3N4O4S. The van der Waals surface area contributed by atoms with Gasteiger partial charge in [0.2, 0.25) is 0 Å². The van der Waals surface area contributed by atoms with Crippen LogP contribution in [0.3, 0.4) is 0 Å². The molecule has 1 atom stereocenters. The Bertz CT molecular complexity index is 1180. The summed E-state index contributed by atoms with van der Waals surface area (Å²) in [6.07, 6.45) is -4.35. The number of fused-ring (bicyclic) bond motifs is 1. The van der Waals surface area contributed by atoms with E-state index in [-0.39, 0.29) is 18.8 Å². The van der Waals surface area contributed by atoms with Gasteiger partial charge < -0.3 is 25.8 Å². The molecular weight excluding hydrogens is 545 g/mol. The van der Waals surface area contributed by atoms with Gasteiger partial charge in [-0.1, -0.05) is 20.8 Å². The van der Waals surface area contributed by atoms with Crippen molar-refractivity contribution in [3.05, 3.63) is 35.0 Å². The minimum Gasteiger partial charge on any atom is -0.444 e. The number of carbonyl (C=O) groups excluding carboxylic acids is 2. The lowest BCUT2D eigenvalue weighted by Crippen LogP contribution is -2.47. The smallest absolute Gasteiger partial charge is 0.407 e. The van der Waals surface area contributed by atoms with E-state index >= 15 is 0 Å². The summed E-state index contributed by atoms with van der Waals surface area (Å²) in [6.45, 7) is 11.9. The molecule has 1 heterocycles. The molecule has 0 spiro atoms. The average Bonchev–Trinajstić information content (AvgIpc) is 2.80. The van der Waals surface area contributed by atoms with Gasteiger partial charge in [0.25, 0.3) is 5.91 Å². The van der Waals surface area contributed by atoms with Crippen molar-refractivity contribution in [3.63, 3.8) is 0 Å². The third kappa shape index (κ3) is 11.0. The molecule has 2 aromatic rings. The third-order valence-electron chi connectivity index (χ3n) is 5.65. The van der Waals surface area contributed by atoms with Crippen molar-refractivity contribution in [1.82, 2.24) is 15.6 Å². The molecule has 1 aromatic carbocycles. The zero-order chi connectivity index (χ0) is 30.3. The normalized spacial score (nSPS) is 13.2. The van der Waals surface area contributed by atoms with Crippen LogP contribution in [0.25, 0.3) is 10.9 Å². The predicted molar refractivity (Wildman–Crippen MR) is 154 cm³/mol. The maximum absolute atomic E-state index is 13.2. The van der Waals surface area contributed by atoms with Crippen molar-refractivity contribution < 1.29 is 32.6 Å². The summed E-state index contributed by atoms with van der Waals surface area (Å²) >= 11 is 1.54. The zero-order valence-electron chi connectivity index (χ0n) is 24.2. The van der Waals surface area contributed by atoms with E-state index in [0.29, 0.717) is 45.6 Å². The highest BCUT2D eigenvalue weighted by Gasteiger charge is 2.28. The molecule has 0 fully saturated rings. The van der Waals surface area contributed by atoms with Crippen LogP contribution in [0, 0.1) is 6.92 Å². The number of benzene rings is 1. The highest BCUT2D eigenvalue weighted by atomic mass is 32.2. The minimum absolute atomic E-state index is 0.0668. The van der Waals surface area contributed by atoms with Crippen molar-refractivity contribution in [3.8, 4) is 0 Å². The summed E-state index contributed by atoms with van der Waals surface area (Å²) in [5.41, 5.74) is 1.29. The number of anilines is 1. The lowest BCUT2D eigenvalue weighted by molar-refractivity contribution is -0.115. The van der Waals surface area contributed by atoms with Gasteiger partial charge in [-0.05, 0) is 74.6 Å². The number of alkyl carbamates (subject to hydrolysis) is 1. The predicted octanol–water partition coefficient (Wildman–Crippen LogP) is 5.55. The number of amides is 2. The SMILES string of the molecule is Cc1cc(C(=O)NCC(CSCCCO)NC(=O)OC(C)(C)C)nc2c(C(C)(C)C)cc(NCC(F)(F)F)cc12. The maximum atomic E-state index is 13.2. The number of aromatic nitrogens is 1. The van der Waals surface area contributed by atoms with E-state index in [1.165, 1.54) is 11.8 Å². The Morgan fingerprint density at radius 1 is 1.10 bits per heavy atom. The fraction of sp³-hybridized carbons (Fsp3) is 0.607. The van der Waals surface area contributed by atoms with Crippen molar-refractivity contribution in [1.29, 1.82) is 0 Å². The Balaban J connectivity index is 2.30. The van der Waals surface area contributed by atoms with Gasteiger partial charge in [0.15, 0.2) is 0 Å². The molecule has 4 N–H and O–H groups in total. The number of hydrogen-bond donors (Lipinski definition) is 4. The van der Waals surface area contributed by atoms with E-state index in [0.717, 1.165) is 0 Å². The molecule has 40 heavy (non-hydrogen) atoms. The first-order valence-electron chi connectivity index (χ1n) is 13.1. The van der Waals surface area contributed by atoms with Crippen LogP contribution in [0.4, 0.5) is 23.7 Å². The molecule has 1 unspecified atom stereocenters. The van der Waals surface area contributed by atoms with Crippen molar-refractivity contribution >= 4 is 40.4 Å². The lowest BCUT2D eigenvalue weighted by atomic mass is 9.84. The van der Waals surface area contributed by atoms with Crippen LogP contribution >= 0.6 is 11.8 Å². The monoisotopic (exact) mass is 586 g/mol. The number of nitrogens with zero attached hydrogens (tertiary/aromatic N) is 1. The Labute approximate surface area is 238 Å². The fourth-order valence-electron chi connectivity index (χ4n) is 3.81. The largest absolute Gasteiger partial charge is 0.444 e. The topological polar surface area (TPSA) is 113 Å². The number of aryl methyl sites for hydroxylation is 1. The number of halogens is 3. The second kappa shape index (κ2) is 13.8. The molecule has 1 aromatic heterocycles. The van der Waals surface area contributed by atoms with Gasteiger partial charge in [0, 0.05) is 30.0 Å². The quantitative estimate of drug-likeness (QED) is 0.255. The lowest BCUT2D eigenvalue weighted by Gasteiger charge is -2.24. The molecule has 2 rings (SSSR count). The van der Waals surface area contributed by atoms with E-state index in [2.05, 4.69) is 20.9 Å². The van der Waals surface area contributed by atoms with Crippen molar-refractivity contribution in [2.45, 2.75) is 78.1 Å². The van der Waals surface area contributed by atoms with E-state index in [9.17, 15) is 22.8 Å². The molecule has 224 valence electrons. The van der Waals surface area contributed by atoms with Gasteiger partial charge >= 0.3 is 12.3 Å². The molecule has 2 amide bonds. The summed E-state index contributed by atoms with van der Waals surface area (Å²) in [6, 6.07) is 4.43. The number of aliphatic hydroxyl groups excluding tert-OH is 1. The molecule has 0 aliphatic carbocycles. The van der Waals surface area contributed by atoms with E-state index in [4.69, 9.17) is 9.84 Å². The summed E-state index contributed by atoms with van der Waals surface area (Å²) in [4.78, 5) is 30.2. The van der Waals surface area contributed by atoms with Crippen LogP contribution in [0.15, 0.2) is 18.2 Å². The molecule has 12 heteroatoms. The number of alkyl halides is 3. The molecule has 0 aliphatic heterocycles. The summed E-state index contributed by atoms with van der Waals surface area (Å²) in [5, 5.41) is 17.8. The van der Waals surface area contributed by atoms with Crippen molar-refractivity contribution in [2.75, 3.05) is 36.5 Å². The average molecular weight is 587 g/mol. The Hall–Kier alpha value is -2.73. The number of carbonyl (C=O) groups is 2. The second-order valence-corrected chi connectivity index (χ2v) is 12.8. The highest BCUT2D eigenvalue weighted by Crippen LogP contribution is 2.34. The molecule has 0 aliphatic rings. The number of rotatable bonds is 11. The van der Waals surface area contributed by atoms with Crippen LogP contribution in [0.2, 0.25) is 0 Å². The van der Waals surface area contributed by atoms with Gasteiger partial charge in [0.05, 0.1) is 11.6 Å².